The molecular formula is C21H30ClFN2O3. The van der Waals surface area contributed by atoms with Crippen molar-refractivity contribution >= 4 is 24.1 Å². The number of ketones is 1. The summed E-state index contributed by atoms with van der Waals surface area (Å²) in [6, 6.07) is 4.14. The van der Waals surface area contributed by atoms with E-state index in [1.807, 2.05) is 4.90 Å². The Bertz CT molecular complexity index is 714. The van der Waals surface area contributed by atoms with Crippen molar-refractivity contribution < 1.29 is 18.7 Å². The molecule has 1 saturated heterocycles. The fraction of sp³-hybridized carbons (Fsp3) is 0.619. The van der Waals surface area contributed by atoms with Crippen molar-refractivity contribution in [1.29, 1.82) is 0 Å². The highest BCUT2D eigenvalue weighted by molar-refractivity contribution is 5.98. The van der Waals surface area contributed by atoms with Crippen LogP contribution in [0.2, 0.25) is 0 Å². The first-order chi connectivity index (χ1) is 12.8. The van der Waals surface area contributed by atoms with Gasteiger partial charge in [0.2, 0.25) is 5.91 Å². The van der Waals surface area contributed by atoms with E-state index in [-0.39, 0.29) is 53.8 Å². The lowest BCUT2D eigenvalue weighted by atomic mass is 9.95. The molecule has 0 N–H and O–H groups in total. The first kappa shape index (κ1) is 22.6. The Hall–Kier alpha value is -1.66. The predicted molar refractivity (Wildman–Crippen MR) is 109 cm³/mol. The second-order valence-corrected chi connectivity index (χ2v) is 8.07. The molecular weight excluding hydrogens is 383 g/mol. The average molecular weight is 413 g/mol. The highest BCUT2D eigenvalue weighted by atomic mass is 35.5. The number of hydrogen-bond acceptors (Lipinski definition) is 4. The van der Waals surface area contributed by atoms with Crippen molar-refractivity contribution in [2.45, 2.75) is 45.1 Å². The molecule has 2 aliphatic rings. The Morgan fingerprint density at radius 3 is 2.32 bits per heavy atom. The molecule has 1 aromatic rings. The molecule has 0 atom stereocenters. The third-order valence-electron chi connectivity index (χ3n) is 6.06. The van der Waals surface area contributed by atoms with Crippen molar-refractivity contribution in [2.24, 2.45) is 5.92 Å². The van der Waals surface area contributed by atoms with Gasteiger partial charge in [-0.2, -0.15) is 0 Å². The summed E-state index contributed by atoms with van der Waals surface area (Å²) in [6.45, 7) is 7.78. The number of benzene rings is 1. The molecule has 1 amide bonds. The molecule has 1 saturated carbocycles. The smallest absolute Gasteiger partial charge is 0.223 e. The van der Waals surface area contributed by atoms with Crippen LogP contribution in [0.15, 0.2) is 18.2 Å². The van der Waals surface area contributed by atoms with Gasteiger partial charge < -0.3 is 9.64 Å². The zero-order valence-corrected chi connectivity index (χ0v) is 17.7. The van der Waals surface area contributed by atoms with Gasteiger partial charge in [0.15, 0.2) is 17.3 Å². The fourth-order valence-corrected chi connectivity index (χ4v) is 3.94. The molecule has 1 aromatic carbocycles. The zero-order valence-electron chi connectivity index (χ0n) is 16.9. The van der Waals surface area contributed by atoms with Gasteiger partial charge in [0.1, 0.15) is 0 Å². The van der Waals surface area contributed by atoms with E-state index in [0.29, 0.717) is 13.1 Å². The van der Waals surface area contributed by atoms with E-state index >= 15 is 0 Å². The maximum absolute atomic E-state index is 13.7. The van der Waals surface area contributed by atoms with Crippen LogP contribution in [-0.2, 0) is 4.79 Å². The predicted octanol–water partition coefficient (Wildman–Crippen LogP) is 3.55. The van der Waals surface area contributed by atoms with E-state index in [1.54, 1.807) is 0 Å². The maximum atomic E-state index is 13.7. The van der Waals surface area contributed by atoms with Crippen LogP contribution in [0.3, 0.4) is 0 Å². The minimum atomic E-state index is -0.566. The molecule has 0 spiro atoms. The standard InChI is InChI=1S/C21H29FN2O3.ClH/c1-21(2,16-5-6-16)24-12-10-23(11-13-24)20(26)9-7-18(25)15-4-8-19(27-3)17(22)14-15;/h4,8,14,16H,5-7,9-13H2,1-3H3;1H. The van der Waals surface area contributed by atoms with Crippen LogP contribution in [0.4, 0.5) is 4.39 Å². The van der Waals surface area contributed by atoms with Crippen LogP contribution >= 0.6 is 12.4 Å². The highest BCUT2D eigenvalue weighted by Crippen LogP contribution is 2.43. The average Bonchev–Trinajstić information content (AvgIpc) is 3.51. The van der Waals surface area contributed by atoms with Gasteiger partial charge in [-0.25, -0.2) is 4.39 Å². The summed E-state index contributed by atoms with van der Waals surface area (Å²) in [5, 5.41) is 0. The van der Waals surface area contributed by atoms with Crippen LogP contribution in [0.1, 0.15) is 49.9 Å². The molecule has 28 heavy (non-hydrogen) atoms. The third-order valence-corrected chi connectivity index (χ3v) is 6.06. The second-order valence-electron chi connectivity index (χ2n) is 8.07. The van der Waals surface area contributed by atoms with Gasteiger partial charge in [-0.3, -0.25) is 14.5 Å². The summed E-state index contributed by atoms with van der Waals surface area (Å²) < 4.78 is 18.6. The number of halogens is 2. The van der Waals surface area contributed by atoms with Gasteiger partial charge in [0.05, 0.1) is 7.11 Å². The first-order valence-corrected chi connectivity index (χ1v) is 9.72. The quantitative estimate of drug-likeness (QED) is 0.642. The molecule has 2 fully saturated rings. The van der Waals surface area contributed by atoms with Crippen LogP contribution in [0, 0.1) is 11.7 Å². The van der Waals surface area contributed by atoms with Crippen molar-refractivity contribution in [3.05, 3.63) is 29.6 Å². The van der Waals surface area contributed by atoms with Crippen molar-refractivity contribution in [3.8, 4) is 5.75 Å². The van der Waals surface area contributed by atoms with Crippen LogP contribution in [0.5, 0.6) is 5.75 Å². The first-order valence-electron chi connectivity index (χ1n) is 9.72. The molecule has 156 valence electrons. The maximum Gasteiger partial charge on any atom is 0.223 e. The lowest BCUT2D eigenvalue weighted by Gasteiger charge is -2.44. The summed E-state index contributed by atoms with van der Waals surface area (Å²) in [5.74, 6) is 0.0978. The fourth-order valence-electron chi connectivity index (χ4n) is 3.94. The van der Waals surface area contributed by atoms with Crippen LogP contribution in [0.25, 0.3) is 0 Å². The summed E-state index contributed by atoms with van der Waals surface area (Å²) in [6.07, 6.45) is 2.87. The number of carbonyl (C=O) groups excluding carboxylic acids is 2. The van der Waals surface area contributed by atoms with Gasteiger partial charge in [-0.1, -0.05) is 0 Å². The molecule has 0 bridgehead atoms. The lowest BCUT2D eigenvalue weighted by molar-refractivity contribution is -0.133. The molecule has 5 nitrogen and oxygen atoms in total. The summed E-state index contributed by atoms with van der Waals surface area (Å²) in [7, 11) is 1.38. The number of Topliss-reactive ketones (excluding diaryl/α,β-unsaturated/α-hetero) is 1. The number of amides is 1. The van der Waals surface area contributed by atoms with Gasteiger partial charge in [-0.15, -0.1) is 12.4 Å². The van der Waals surface area contributed by atoms with Crippen molar-refractivity contribution in [2.75, 3.05) is 33.3 Å². The number of ether oxygens (including phenoxy) is 1. The van der Waals surface area contributed by atoms with Gasteiger partial charge in [0, 0.05) is 50.1 Å². The zero-order chi connectivity index (χ0) is 19.6. The molecule has 1 heterocycles. The SMILES string of the molecule is COc1ccc(C(=O)CCC(=O)N2CCN(C(C)(C)C3CC3)CC2)cc1F.Cl. The van der Waals surface area contributed by atoms with Crippen LogP contribution in [-0.4, -0.2) is 60.3 Å². The topological polar surface area (TPSA) is 49.9 Å². The lowest BCUT2D eigenvalue weighted by Crippen LogP contribution is -2.56. The van der Waals surface area contributed by atoms with Crippen molar-refractivity contribution in [1.82, 2.24) is 9.80 Å². The number of hydrogen-bond donors (Lipinski definition) is 0. The van der Waals surface area contributed by atoms with Gasteiger partial charge in [-0.05, 0) is 50.8 Å². The number of nitrogens with zero attached hydrogens (tertiary/aromatic N) is 2. The van der Waals surface area contributed by atoms with E-state index in [4.69, 9.17) is 4.74 Å². The largest absolute Gasteiger partial charge is 0.494 e. The number of carbonyl (C=O) groups is 2. The molecule has 0 aromatic heterocycles. The molecule has 0 unspecified atom stereocenters. The number of rotatable bonds is 7. The Morgan fingerprint density at radius 2 is 1.79 bits per heavy atom. The normalized spacial score (nSPS) is 17.8. The Balaban J connectivity index is 0.00000280. The molecule has 0 radical (unpaired) electrons. The number of methoxy groups -OCH3 is 1. The van der Waals surface area contributed by atoms with Gasteiger partial charge >= 0.3 is 0 Å². The van der Waals surface area contributed by atoms with Crippen LogP contribution < -0.4 is 4.74 Å². The van der Waals surface area contributed by atoms with E-state index in [1.165, 1.54) is 38.2 Å². The summed E-state index contributed by atoms with van der Waals surface area (Å²) in [5.41, 5.74) is 0.487. The Labute approximate surface area is 172 Å². The molecule has 1 aliphatic carbocycles. The third kappa shape index (κ3) is 5.03. The summed E-state index contributed by atoms with van der Waals surface area (Å²) in [4.78, 5) is 29.1. The molecule has 1 aliphatic heterocycles. The molecule has 3 rings (SSSR count). The minimum absolute atomic E-state index is 0. The Kier molecular flexibility index (Phi) is 7.46. The molecule has 7 heteroatoms. The van der Waals surface area contributed by atoms with E-state index < -0.39 is 5.82 Å². The second kappa shape index (κ2) is 9.23. The minimum Gasteiger partial charge on any atom is -0.494 e. The summed E-state index contributed by atoms with van der Waals surface area (Å²) >= 11 is 0. The Morgan fingerprint density at radius 1 is 1.14 bits per heavy atom. The van der Waals surface area contributed by atoms with E-state index in [2.05, 4.69) is 18.7 Å². The van der Waals surface area contributed by atoms with Crippen molar-refractivity contribution in [3.63, 3.8) is 0 Å². The van der Waals surface area contributed by atoms with E-state index in [9.17, 15) is 14.0 Å². The van der Waals surface area contributed by atoms with Gasteiger partial charge in [0.25, 0.3) is 0 Å². The van der Waals surface area contributed by atoms with E-state index in [0.717, 1.165) is 19.0 Å². The highest BCUT2D eigenvalue weighted by Gasteiger charge is 2.42. The monoisotopic (exact) mass is 412 g/mol. The number of piperazine rings is 1.